The second-order valence-electron chi connectivity index (χ2n) is 5.20. The number of hydrogen-bond donors (Lipinski definition) is 3. The summed E-state index contributed by atoms with van der Waals surface area (Å²) in [6, 6.07) is 8.97. The van der Waals surface area contributed by atoms with E-state index in [9.17, 15) is 4.79 Å². The maximum Gasteiger partial charge on any atom is 0.321 e. The maximum atomic E-state index is 10.7. The van der Waals surface area contributed by atoms with Crippen molar-refractivity contribution in [1.82, 2.24) is 0 Å². The molecule has 0 atom stereocenters. The van der Waals surface area contributed by atoms with Crippen molar-refractivity contribution in [3.63, 3.8) is 0 Å². The number of benzene rings is 1. The number of esters is 1. The van der Waals surface area contributed by atoms with Gasteiger partial charge in [-0.25, -0.2) is 0 Å². The normalized spacial score (nSPS) is 8.71. The van der Waals surface area contributed by atoms with Gasteiger partial charge in [0.05, 0.1) is 0 Å². The molecule has 0 aliphatic heterocycles. The van der Waals surface area contributed by atoms with Crippen LogP contribution in [0.4, 0.5) is 0 Å². The fraction of sp³-hybridized carbons (Fsp3) is 0.588. The van der Waals surface area contributed by atoms with Crippen molar-refractivity contribution in [3.8, 4) is 5.75 Å². The molecule has 0 aromatic heterocycles. The van der Waals surface area contributed by atoms with E-state index in [1.807, 2.05) is 18.2 Å². The van der Waals surface area contributed by atoms with E-state index >= 15 is 0 Å². The summed E-state index contributed by atoms with van der Waals surface area (Å²) in [5.74, 6) is 0.299. The third-order valence-corrected chi connectivity index (χ3v) is 1.54. The van der Waals surface area contributed by atoms with Crippen LogP contribution in [-0.4, -0.2) is 44.9 Å². The Hall–Kier alpha value is -0.236. The molecular weight excluding hydrogens is 412 g/mol. The van der Waals surface area contributed by atoms with Gasteiger partial charge in [-0.1, -0.05) is 34.1 Å². The van der Waals surface area contributed by atoms with Gasteiger partial charge in [-0.05, 0) is 53.7 Å². The zero-order valence-corrected chi connectivity index (χ0v) is 18.5. The third kappa shape index (κ3) is 49.5. The Kier molecular flexibility index (Phi) is 29.9. The average molecular weight is 443 g/mol. The molecule has 0 radical (unpaired) electrons. The second kappa shape index (κ2) is 22.8. The van der Waals surface area contributed by atoms with Gasteiger partial charge in [0.15, 0.2) is 0 Å². The number of rotatable bonds is 2. The summed E-state index contributed by atoms with van der Waals surface area (Å²) >= 11 is 3.00. The molecule has 0 bridgehead atoms. The molecule has 24 heavy (non-hydrogen) atoms. The number of halogens is 1. The minimum atomic E-state index is -0.281. The summed E-state index contributed by atoms with van der Waals surface area (Å²) in [4.78, 5) is 10.7. The van der Waals surface area contributed by atoms with Crippen LogP contribution in [0.2, 0.25) is 0 Å². The summed E-state index contributed by atoms with van der Waals surface area (Å²) < 4.78 is 4.88. The summed E-state index contributed by atoms with van der Waals surface area (Å²) in [6.07, 6.45) is -0.500. The molecule has 140 valence electrons. The van der Waals surface area contributed by atoms with Crippen molar-refractivity contribution < 1.29 is 46.6 Å². The van der Waals surface area contributed by atoms with Crippen molar-refractivity contribution >= 4 is 21.9 Å². The summed E-state index contributed by atoms with van der Waals surface area (Å²) in [5, 5.41) is 24.4. The summed E-state index contributed by atoms with van der Waals surface area (Å²) in [5.41, 5.74) is 0. The summed E-state index contributed by atoms with van der Waals surface area (Å²) in [7, 11) is 0. The second-order valence-corrected chi connectivity index (χ2v) is 5.76. The average Bonchev–Trinajstić information content (AvgIpc) is 2.37. The maximum absolute atomic E-state index is 10.7. The molecular formula is C17H31BrO5Ti. The Morgan fingerprint density at radius 2 is 1.21 bits per heavy atom. The molecule has 1 rings (SSSR count). The number of carbonyl (C=O) groups excluding carboxylic acids is 1. The molecule has 7 heteroatoms. The van der Waals surface area contributed by atoms with Gasteiger partial charge in [-0.3, -0.25) is 4.79 Å². The van der Waals surface area contributed by atoms with Crippen molar-refractivity contribution in [2.24, 2.45) is 0 Å². The molecule has 0 heterocycles. The number of carbonyl (C=O) groups is 1. The molecule has 0 amide bonds. The van der Waals surface area contributed by atoms with Crippen molar-refractivity contribution in [3.05, 3.63) is 30.3 Å². The molecule has 0 saturated carbocycles. The van der Waals surface area contributed by atoms with Crippen LogP contribution in [0, 0.1) is 0 Å². The molecule has 0 spiro atoms. The Labute approximate surface area is 169 Å². The van der Waals surface area contributed by atoms with E-state index in [0.717, 1.165) is 0 Å². The van der Waals surface area contributed by atoms with Gasteiger partial charge in [0.25, 0.3) is 0 Å². The number of hydrogen-bond acceptors (Lipinski definition) is 5. The van der Waals surface area contributed by atoms with Gasteiger partial charge in [0, 0.05) is 40.0 Å². The van der Waals surface area contributed by atoms with E-state index in [0.29, 0.717) is 5.75 Å². The van der Waals surface area contributed by atoms with Crippen LogP contribution in [0.15, 0.2) is 30.3 Å². The minimum absolute atomic E-state index is 0. The van der Waals surface area contributed by atoms with Crippen LogP contribution in [0.1, 0.15) is 41.5 Å². The van der Waals surface area contributed by atoms with E-state index in [4.69, 9.17) is 20.1 Å². The quantitative estimate of drug-likeness (QED) is 0.283. The molecule has 1 aromatic rings. The first kappa shape index (κ1) is 31.5. The number of aliphatic hydroxyl groups excluding tert-OH is 3. The first-order chi connectivity index (χ1) is 10.5. The first-order valence-corrected chi connectivity index (χ1v) is 8.50. The van der Waals surface area contributed by atoms with E-state index in [1.165, 1.54) is 0 Å². The Bertz CT molecular complexity index is 337. The Balaban J connectivity index is -0.000000130. The summed E-state index contributed by atoms with van der Waals surface area (Å²) in [6.45, 7) is 10.3. The van der Waals surface area contributed by atoms with Crippen LogP contribution < -0.4 is 4.74 Å². The monoisotopic (exact) mass is 442 g/mol. The van der Waals surface area contributed by atoms with Crippen molar-refractivity contribution in [2.45, 2.75) is 59.9 Å². The number of aliphatic hydroxyl groups is 3. The molecule has 1 aromatic carbocycles. The van der Waals surface area contributed by atoms with Crippen LogP contribution in [0.5, 0.6) is 5.75 Å². The minimum Gasteiger partial charge on any atom is -0.426 e. The Morgan fingerprint density at radius 3 is 1.46 bits per heavy atom. The van der Waals surface area contributed by atoms with Crippen molar-refractivity contribution in [1.29, 1.82) is 0 Å². The van der Waals surface area contributed by atoms with Crippen LogP contribution in [-0.2, 0) is 26.5 Å². The number of ether oxygens (including phenoxy) is 1. The predicted octanol–water partition coefficient (Wildman–Crippen LogP) is 3.15. The van der Waals surface area contributed by atoms with Gasteiger partial charge in [0.1, 0.15) is 11.1 Å². The molecule has 3 N–H and O–H groups in total. The van der Waals surface area contributed by atoms with Crippen molar-refractivity contribution in [2.75, 3.05) is 5.33 Å². The number of alkyl halides is 1. The fourth-order valence-corrected chi connectivity index (χ4v) is 0.762. The van der Waals surface area contributed by atoms with Gasteiger partial charge in [-0.15, -0.1) is 0 Å². The Morgan fingerprint density at radius 1 is 0.917 bits per heavy atom. The van der Waals surface area contributed by atoms with Gasteiger partial charge in [-0.2, -0.15) is 0 Å². The predicted molar refractivity (Wildman–Crippen MR) is 97.9 cm³/mol. The molecule has 0 aliphatic carbocycles. The van der Waals surface area contributed by atoms with Crippen LogP contribution in [0.3, 0.4) is 0 Å². The molecule has 0 aliphatic rings. The van der Waals surface area contributed by atoms with E-state index < -0.39 is 0 Å². The third-order valence-electron chi connectivity index (χ3n) is 1.08. The van der Waals surface area contributed by atoms with Crippen LogP contribution in [0.25, 0.3) is 0 Å². The molecule has 0 fully saturated rings. The first-order valence-electron chi connectivity index (χ1n) is 7.38. The van der Waals surface area contributed by atoms with Gasteiger partial charge in [0.2, 0.25) is 0 Å². The standard InChI is InChI=1S/C8H7BrO2.3C3H8O.Ti/c9-6-8(10)11-7-4-2-1-3-5-7;3*1-3(2)4;/h1-5H,6H2;3*3-4H,1-2H3;. The molecule has 0 saturated heterocycles. The zero-order valence-electron chi connectivity index (χ0n) is 15.4. The molecule has 5 nitrogen and oxygen atoms in total. The zero-order chi connectivity index (χ0) is 18.8. The van der Waals surface area contributed by atoms with Crippen LogP contribution >= 0.6 is 15.9 Å². The van der Waals surface area contributed by atoms with Gasteiger partial charge >= 0.3 is 5.97 Å². The van der Waals surface area contributed by atoms with E-state index in [1.54, 1.807) is 53.7 Å². The fourth-order valence-electron chi connectivity index (χ4n) is 0.647. The smallest absolute Gasteiger partial charge is 0.321 e. The van der Waals surface area contributed by atoms with E-state index in [-0.39, 0.29) is 51.3 Å². The SMILES string of the molecule is CC(C)O.CC(C)O.CC(C)O.O=C(CBr)Oc1ccccc1.[Ti]. The topological polar surface area (TPSA) is 87.0 Å². The van der Waals surface area contributed by atoms with Gasteiger partial charge < -0.3 is 20.1 Å². The largest absolute Gasteiger partial charge is 0.426 e. The van der Waals surface area contributed by atoms with E-state index in [2.05, 4.69) is 15.9 Å². The number of para-hydroxylation sites is 1. The molecule has 0 unspecified atom stereocenters.